The fraction of sp³-hybridized carbons (Fsp3) is 0.533. The van der Waals surface area contributed by atoms with Crippen molar-refractivity contribution >= 4 is 21.8 Å². The Labute approximate surface area is 132 Å². The molecule has 1 N–H and O–H groups in total. The number of carbonyl (C=O) groups excluding carboxylic acids is 1. The van der Waals surface area contributed by atoms with E-state index in [1.807, 2.05) is 11.9 Å². The topological polar surface area (TPSA) is 41.6 Å². The summed E-state index contributed by atoms with van der Waals surface area (Å²) in [6.45, 7) is 3.29. The fourth-order valence-electron chi connectivity index (χ4n) is 2.62. The highest BCUT2D eigenvalue weighted by Gasteiger charge is 2.31. The van der Waals surface area contributed by atoms with E-state index in [1.54, 1.807) is 6.92 Å². The number of nitrogens with one attached hydrogen (secondary N) is 1. The molecule has 116 valence electrons. The molecule has 1 aromatic rings. The van der Waals surface area contributed by atoms with E-state index in [2.05, 4.69) is 21.2 Å². The van der Waals surface area contributed by atoms with Crippen LogP contribution in [0, 0.1) is 5.82 Å². The second-order valence-electron chi connectivity index (χ2n) is 5.22. The molecule has 0 spiro atoms. The van der Waals surface area contributed by atoms with Crippen LogP contribution in [0.15, 0.2) is 22.7 Å². The third-order valence-corrected chi connectivity index (χ3v) is 4.27. The van der Waals surface area contributed by atoms with Crippen LogP contribution in [-0.4, -0.2) is 43.1 Å². The van der Waals surface area contributed by atoms with Crippen LogP contribution in [0.25, 0.3) is 0 Å². The Balaban J connectivity index is 2.02. The number of likely N-dealkylation sites (N-methyl/N-ethyl adjacent to an activating group) is 1. The Kier molecular flexibility index (Phi) is 5.58. The van der Waals surface area contributed by atoms with E-state index in [1.165, 1.54) is 18.2 Å². The van der Waals surface area contributed by atoms with Gasteiger partial charge in [-0.1, -0.05) is 0 Å². The number of likely N-dealkylation sites (tertiary alicyclic amines) is 1. The van der Waals surface area contributed by atoms with Crippen molar-refractivity contribution in [1.29, 1.82) is 0 Å². The molecule has 2 rings (SSSR count). The first-order valence-electron chi connectivity index (χ1n) is 7.09. The van der Waals surface area contributed by atoms with Gasteiger partial charge >= 0.3 is 0 Å². The lowest BCUT2D eigenvalue weighted by Gasteiger charge is -2.27. The molecule has 2 atom stereocenters. The number of halogens is 2. The molecular formula is C15H20BrFN2O2. The normalized spacial score (nSPS) is 19.6. The molecule has 0 aromatic heterocycles. The first-order chi connectivity index (χ1) is 10.0. The zero-order valence-electron chi connectivity index (χ0n) is 12.2. The molecule has 1 saturated heterocycles. The monoisotopic (exact) mass is 358 g/mol. The molecule has 21 heavy (non-hydrogen) atoms. The maximum Gasteiger partial charge on any atom is 0.263 e. The molecule has 1 aliphatic heterocycles. The molecule has 0 saturated carbocycles. The Morgan fingerprint density at radius 2 is 2.38 bits per heavy atom. The van der Waals surface area contributed by atoms with Crippen LogP contribution < -0.4 is 10.1 Å². The number of amides is 1. The average molecular weight is 359 g/mol. The number of carbonyl (C=O) groups is 1. The van der Waals surface area contributed by atoms with Crippen molar-refractivity contribution in [2.24, 2.45) is 0 Å². The van der Waals surface area contributed by atoms with Crippen molar-refractivity contribution in [3.05, 3.63) is 28.5 Å². The van der Waals surface area contributed by atoms with Gasteiger partial charge in [-0.25, -0.2) is 4.39 Å². The molecule has 0 aliphatic carbocycles. The summed E-state index contributed by atoms with van der Waals surface area (Å²) in [5.41, 5.74) is 0. The van der Waals surface area contributed by atoms with Crippen molar-refractivity contribution in [3.8, 4) is 5.75 Å². The lowest BCUT2D eigenvalue weighted by atomic mass is 10.2. The van der Waals surface area contributed by atoms with Crippen LogP contribution in [0.4, 0.5) is 4.39 Å². The summed E-state index contributed by atoms with van der Waals surface area (Å²) in [6.07, 6.45) is 1.44. The fourth-order valence-corrected chi connectivity index (χ4v) is 3.06. The number of hydrogen-bond donors (Lipinski definition) is 1. The standard InChI is InChI=1S/C15H20BrFN2O2/c1-10(21-14-6-5-11(17)8-13(14)16)15(20)19-7-3-4-12(19)9-18-2/h5-6,8,10,12,18H,3-4,7,9H2,1-2H3. The van der Waals surface area contributed by atoms with E-state index in [-0.39, 0.29) is 17.8 Å². The van der Waals surface area contributed by atoms with Crippen molar-refractivity contribution in [1.82, 2.24) is 10.2 Å². The van der Waals surface area contributed by atoms with Crippen LogP contribution in [-0.2, 0) is 4.79 Å². The molecule has 0 bridgehead atoms. The van der Waals surface area contributed by atoms with Crippen LogP contribution in [0.3, 0.4) is 0 Å². The number of benzene rings is 1. The minimum Gasteiger partial charge on any atom is -0.480 e. The molecule has 1 aromatic carbocycles. The highest BCUT2D eigenvalue weighted by molar-refractivity contribution is 9.10. The molecule has 1 heterocycles. The van der Waals surface area contributed by atoms with Gasteiger partial charge in [-0.05, 0) is 60.9 Å². The van der Waals surface area contributed by atoms with Crippen molar-refractivity contribution < 1.29 is 13.9 Å². The van der Waals surface area contributed by atoms with E-state index in [4.69, 9.17) is 4.74 Å². The molecule has 1 amide bonds. The number of hydrogen-bond acceptors (Lipinski definition) is 3. The average Bonchev–Trinajstić information content (AvgIpc) is 2.89. The zero-order valence-corrected chi connectivity index (χ0v) is 13.8. The van der Waals surface area contributed by atoms with Gasteiger partial charge in [0.1, 0.15) is 11.6 Å². The maximum atomic E-state index is 13.1. The third kappa shape index (κ3) is 3.95. The van der Waals surface area contributed by atoms with E-state index in [0.29, 0.717) is 10.2 Å². The summed E-state index contributed by atoms with van der Waals surface area (Å²) in [5, 5.41) is 3.11. The summed E-state index contributed by atoms with van der Waals surface area (Å²) in [5.74, 6) is 0.104. The third-order valence-electron chi connectivity index (χ3n) is 3.65. The maximum absolute atomic E-state index is 13.1. The lowest BCUT2D eigenvalue weighted by Crippen LogP contribution is -2.46. The van der Waals surface area contributed by atoms with Gasteiger partial charge < -0.3 is 15.0 Å². The van der Waals surface area contributed by atoms with E-state index in [0.717, 1.165) is 25.9 Å². The Morgan fingerprint density at radius 3 is 3.05 bits per heavy atom. The Bertz CT molecular complexity index is 512. The predicted octanol–water partition coefficient (Wildman–Crippen LogP) is 2.57. The molecule has 2 unspecified atom stereocenters. The van der Waals surface area contributed by atoms with Crippen LogP contribution in [0.5, 0.6) is 5.75 Å². The van der Waals surface area contributed by atoms with E-state index < -0.39 is 6.10 Å². The van der Waals surface area contributed by atoms with Crippen molar-refractivity contribution in [3.63, 3.8) is 0 Å². The van der Waals surface area contributed by atoms with Gasteiger partial charge in [0.05, 0.1) is 4.47 Å². The predicted molar refractivity (Wildman–Crippen MR) is 82.9 cm³/mol. The molecule has 6 heteroatoms. The van der Waals surface area contributed by atoms with E-state index in [9.17, 15) is 9.18 Å². The second-order valence-corrected chi connectivity index (χ2v) is 6.07. The van der Waals surface area contributed by atoms with Gasteiger partial charge in [-0.2, -0.15) is 0 Å². The summed E-state index contributed by atoms with van der Waals surface area (Å²) < 4.78 is 19.2. The van der Waals surface area contributed by atoms with Crippen LogP contribution in [0.1, 0.15) is 19.8 Å². The highest BCUT2D eigenvalue weighted by atomic mass is 79.9. The summed E-state index contributed by atoms with van der Waals surface area (Å²) in [7, 11) is 1.89. The SMILES string of the molecule is CNCC1CCCN1C(=O)C(C)Oc1ccc(F)cc1Br. The first-order valence-corrected chi connectivity index (χ1v) is 7.89. The van der Waals surface area contributed by atoms with Gasteiger partial charge in [0.25, 0.3) is 5.91 Å². The lowest BCUT2D eigenvalue weighted by molar-refractivity contribution is -0.138. The molecule has 4 nitrogen and oxygen atoms in total. The summed E-state index contributed by atoms with van der Waals surface area (Å²) >= 11 is 3.25. The van der Waals surface area contributed by atoms with Gasteiger partial charge in [0.2, 0.25) is 0 Å². The summed E-state index contributed by atoms with van der Waals surface area (Å²) in [4.78, 5) is 14.4. The molecule has 0 radical (unpaired) electrons. The number of ether oxygens (including phenoxy) is 1. The smallest absolute Gasteiger partial charge is 0.263 e. The Hall–Kier alpha value is -1.14. The molecule has 1 fully saturated rings. The number of nitrogens with zero attached hydrogens (tertiary/aromatic N) is 1. The first kappa shape index (κ1) is 16.2. The molecular weight excluding hydrogens is 339 g/mol. The van der Waals surface area contributed by atoms with Crippen LogP contribution >= 0.6 is 15.9 Å². The zero-order chi connectivity index (χ0) is 15.4. The second kappa shape index (κ2) is 7.22. The minimum absolute atomic E-state index is 0.0241. The largest absolute Gasteiger partial charge is 0.480 e. The van der Waals surface area contributed by atoms with Crippen molar-refractivity contribution in [2.75, 3.05) is 20.1 Å². The van der Waals surface area contributed by atoms with Gasteiger partial charge in [-0.3, -0.25) is 4.79 Å². The number of rotatable bonds is 5. The quantitative estimate of drug-likeness (QED) is 0.879. The van der Waals surface area contributed by atoms with Crippen LogP contribution in [0.2, 0.25) is 0 Å². The van der Waals surface area contributed by atoms with E-state index >= 15 is 0 Å². The minimum atomic E-state index is -0.593. The van der Waals surface area contributed by atoms with Gasteiger partial charge in [0.15, 0.2) is 6.10 Å². The van der Waals surface area contributed by atoms with Gasteiger partial charge in [-0.15, -0.1) is 0 Å². The van der Waals surface area contributed by atoms with Crippen molar-refractivity contribution in [2.45, 2.75) is 31.9 Å². The highest BCUT2D eigenvalue weighted by Crippen LogP contribution is 2.27. The summed E-state index contributed by atoms with van der Waals surface area (Å²) in [6, 6.07) is 4.40. The Morgan fingerprint density at radius 1 is 1.62 bits per heavy atom. The molecule has 1 aliphatic rings. The van der Waals surface area contributed by atoms with Gasteiger partial charge in [0, 0.05) is 19.1 Å².